The van der Waals surface area contributed by atoms with Crippen molar-refractivity contribution >= 4 is 11.9 Å². The Morgan fingerprint density at radius 2 is 1.79 bits per heavy atom. The van der Waals surface area contributed by atoms with Gasteiger partial charge in [-0.3, -0.25) is 4.79 Å². The molecule has 0 aliphatic rings. The maximum atomic E-state index is 13.0. The van der Waals surface area contributed by atoms with Gasteiger partial charge in [0.25, 0.3) is 0 Å². The number of carboxylic acid groups (broad SMARTS) is 1. The molecule has 1 amide bonds. The van der Waals surface area contributed by atoms with Gasteiger partial charge in [0.05, 0.1) is 0 Å². The Labute approximate surface area is 80.3 Å². The molecule has 0 aromatic carbocycles. The number of alkyl halides is 2. The van der Waals surface area contributed by atoms with Gasteiger partial charge >= 0.3 is 11.9 Å². The van der Waals surface area contributed by atoms with Gasteiger partial charge in [0.1, 0.15) is 6.04 Å². The van der Waals surface area contributed by atoms with Crippen LogP contribution in [0.4, 0.5) is 8.78 Å². The highest BCUT2D eigenvalue weighted by Crippen LogP contribution is 2.24. The first-order valence-electron chi connectivity index (χ1n) is 4.08. The normalized spacial score (nSPS) is 13.9. The number of carbonyl (C=O) groups excluding carboxylic acids is 1. The Balaban J connectivity index is 4.81. The standard InChI is InChI=1S/C8H13F2NO3/c1-4(2)6(11-5(3)12)8(9,10)7(13)14/h4,6H,1-3H3,(H,11,12)(H,13,14). The van der Waals surface area contributed by atoms with E-state index in [-0.39, 0.29) is 0 Å². The Bertz CT molecular complexity index is 241. The van der Waals surface area contributed by atoms with Crippen LogP contribution in [0.15, 0.2) is 0 Å². The van der Waals surface area contributed by atoms with Gasteiger partial charge in [0.15, 0.2) is 0 Å². The van der Waals surface area contributed by atoms with Gasteiger partial charge in [-0.25, -0.2) is 4.79 Å². The first-order valence-corrected chi connectivity index (χ1v) is 4.08. The summed E-state index contributed by atoms with van der Waals surface area (Å²) in [4.78, 5) is 20.8. The minimum absolute atomic E-state index is 0.662. The number of amides is 1. The van der Waals surface area contributed by atoms with E-state index >= 15 is 0 Å². The van der Waals surface area contributed by atoms with Crippen LogP contribution in [-0.4, -0.2) is 28.9 Å². The number of aliphatic carboxylic acids is 1. The molecular formula is C8H13F2NO3. The Kier molecular flexibility index (Phi) is 3.97. The molecule has 0 bridgehead atoms. The third kappa shape index (κ3) is 2.93. The SMILES string of the molecule is CC(=O)NC(C(C)C)C(F)(F)C(=O)O. The van der Waals surface area contributed by atoms with Crippen molar-refractivity contribution in [2.45, 2.75) is 32.7 Å². The lowest BCUT2D eigenvalue weighted by Gasteiger charge is -2.27. The van der Waals surface area contributed by atoms with Crippen molar-refractivity contribution < 1.29 is 23.5 Å². The fourth-order valence-corrected chi connectivity index (χ4v) is 1.03. The largest absolute Gasteiger partial charge is 0.477 e. The van der Waals surface area contributed by atoms with E-state index in [9.17, 15) is 18.4 Å². The highest BCUT2D eigenvalue weighted by Gasteiger charge is 2.49. The number of halogens is 2. The number of rotatable bonds is 4. The van der Waals surface area contributed by atoms with E-state index in [4.69, 9.17) is 5.11 Å². The van der Waals surface area contributed by atoms with E-state index < -0.39 is 29.8 Å². The number of hydrogen-bond acceptors (Lipinski definition) is 2. The van der Waals surface area contributed by atoms with Gasteiger partial charge in [-0.05, 0) is 5.92 Å². The predicted octanol–water partition coefficient (Wildman–Crippen LogP) is 0.867. The van der Waals surface area contributed by atoms with Crippen molar-refractivity contribution in [3.05, 3.63) is 0 Å². The average Bonchev–Trinajstić information content (AvgIpc) is 1.98. The van der Waals surface area contributed by atoms with Crippen LogP contribution < -0.4 is 5.32 Å². The number of hydrogen-bond donors (Lipinski definition) is 2. The topological polar surface area (TPSA) is 66.4 Å². The molecule has 0 aromatic heterocycles. The van der Waals surface area contributed by atoms with Crippen LogP contribution in [0.5, 0.6) is 0 Å². The molecule has 0 rings (SSSR count). The fourth-order valence-electron chi connectivity index (χ4n) is 1.03. The molecule has 82 valence electrons. The summed E-state index contributed by atoms with van der Waals surface area (Å²) in [6.07, 6.45) is 0. The molecule has 0 radical (unpaired) electrons. The molecule has 2 N–H and O–H groups in total. The number of carboxylic acids is 1. The zero-order valence-electron chi connectivity index (χ0n) is 8.17. The van der Waals surface area contributed by atoms with Gasteiger partial charge in [0.2, 0.25) is 5.91 Å². The van der Waals surface area contributed by atoms with Crippen LogP contribution >= 0.6 is 0 Å². The third-order valence-electron chi connectivity index (χ3n) is 1.70. The zero-order chi connectivity index (χ0) is 11.5. The lowest BCUT2D eigenvalue weighted by atomic mass is 9.97. The Morgan fingerprint density at radius 1 is 1.36 bits per heavy atom. The summed E-state index contributed by atoms with van der Waals surface area (Å²) in [6, 6.07) is -1.68. The molecule has 0 saturated heterocycles. The lowest BCUT2D eigenvalue weighted by molar-refractivity contribution is -0.171. The Morgan fingerprint density at radius 3 is 2.00 bits per heavy atom. The van der Waals surface area contributed by atoms with Crippen molar-refractivity contribution in [3.63, 3.8) is 0 Å². The first kappa shape index (κ1) is 12.8. The second-order valence-electron chi connectivity index (χ2n) is 3.35. The van der Waals surface area contributed by atoms with Crippen molar-refractivity contribution in [1.29, 1.82) is 0 Å². The first-order chi connectivity index (χ1) is 6.19. The summed E-state index contributed by atoms with van der Waals surface area (Å²) in [5.41, 5.74) is 0. The van der Waals surface area contributed by atoms with Gasteiger partial charge in [-0.2, -0.15) is 8.78 Å². The van der Waals surface area contributed by atoms with E-state index in [0.29, 0.717) is 0 Å². The molecule has 0 aliphatic heterocycles. The smallest absolute Gasteiger partial charge is 0.376 e. The number of carbonyl (C=O) groups is 2. The lowest BCUT2D eigenvalue weighted by Crippen LogP contribution is -2.54. The van der Waals surface area contributed by atoms with Crippen molar-refractivity contribution in [2.75, 3.05) is 0 Å². The molecule has 1 atom stereocenters. The second-order valence-corrected chi connectivity index (χ2v) is 3.35. The molecule has 0 aromatic rings. The van der Waals surface area contributed by atoms with E-state index in [1.165, 1.54) is 13.8 Å². The van der Waals surface area contributed by atoms with Crippen molar-refractivity contribution in [3.8, 4) is 0 Å². The zero-order valence-corrected chi connectivity index (χ0v) is 8.17. The van der Waals surface area contributed by atoms with Crippen LogP contribution in [0.3, 0.4) is 0 Å². The minimum atomic E-state index is -3.94. The van der Waals surface area contributed by atoms with E-state index in [0.717, 1.165) is 6.92 Å². The average molecular weight is 209 g/mol. The molecule has 1 unspecified atom stereocenters. The Hall–Kier alpha value is -1.20. The van der Waals surface area contributed by atoms with E-state index in [1.54, 1.807) is 0 Å². The quantitative estimate of drug-likeness (QED) is 0.721. The molecule has 0 spiro atoms. The summed E-state index contributed by atoms with van der Waals surface area (Å²) in [6.45, 7) is 3.89. The summed E-state index contributed by atoms with van der Waals surface area (Å²) in [5.74, 6) is -7.51. The van der Waals surface area contributed by atoms with E-state index in [2.05, 4.69) is 0 Å². The maximum absolute atomic E-state index is 13.0. The molecule has 0 aliphatic carbocycles. The molecule has 6 heteroatoms. The molecule has 0 fully saturated rings. The van der Waals surface area contributed by atoms with Gasteiger partial charge < -0.3 is 10.4 Å². The monoisotopic (exact) mass is 209 g/mol. The van der Waals surface area contributed by atoms with Crippen LogP contribution in [0.25, 0.3) is 0 Å². The maximum Gasteiger partial charge on any atom is 0.376 e. The van der Waals surface area contributed by atoms with Crippen LogP contribution in [-0.2, 0) is 9.59 Å². The van der Waals surface area contributed by atoms with E-state index in [1.807, 2.05) is 5.32 Å². The van der Waals surface area contributed by atoms with Crippen molar-refractivity contribution in [2.24, 2.45) is 5.92 Å². The van der Waals surface area contributed by atoms with Gasteiger partial charge in [0, 0.05) is 6.92 Å². The summed E-state index contributed by atoms with van der Waals surface area (Å²) in [5, 5.41) is 10.2. The molecule has 0 heterocycles. The highest BCUT2D eigenvalue weighted by molar-refractivity contribution is 5.79. The van der Waals surface area contributed by atoms with Crippen LogP contribution in [0.1, 0.15) is 20.8 Å². The second kappa shape index (κ2) is 4.34. The minimum Gasteiger partial charge on any atom is -0.477 e. The van der Waals surface area contributed by atoms with Crippen molar-refractivity contribution in [1.82, 2.24) is 5.32 Å². The summed E-state index contributed by atoms with van der Waals surface area (Å²) >= 11 is 0. The molecule has 0 saturated carbocycles. The molecule has 14 heavy (non-hydrogen) atoms. The van der Waals surface area contributed by atoms with Crippen LogP contribution in [0.2, 0.25) is 0 Å². The fraction of sp³-hybridized carbons (Fsp3) is 0.750. The third-order valence-corrected chi connectivity index (χ3v) is 1.70. The summed E-state index contributed by atoms with van der Waals surface area (Å²) < 4.78 is 26.0. The summed E-state index contributed by atoms with van der Waals surface area (Å²) in [7, 11) is 0. The van der Waals surface area contributed by atoms with Gasteiger partial charge in [-0.15, -0.1) is 0 Å². The highest BCUT2D eigenvalue weighted by atomic mass is 19.3. The molecule has 4 nitrogen and oxygen atoms in total. The number of nitrogens with one attached hydrogen (secondary N) is 1. The van der Waals surface area contributed by atoms with Crippen LogP contribution in [0, 0.1) is 5.92 Å². The van der Waals surface area contributed by atoms with Gasteiger partial charge in [-0.1, -0.05) is 13.8 Å². The predicted molar refractivity (Wildman–Crippen MR) is 45.0 cm³/mol. The molecular weight excluding hydrogens is 196 g/mol.